The summed E-state index contributed by atoms with van der Waals surface area (Å²) in [6.45, 7) is 21.2. The van der Waals surface area contributed by atoms with Crippen LogP contribution in [0.25, 0.3) is 9.69 Å². The number of benzene rings is 6. The summed E-state index contributed by atoms with van der Waals surface area (Å²) in [5.41, 5.74) is -0.405. The topological polar surface area (TPSA) is 93.1 Å². The fourth-order valence-corrected chi connectivity index (χ4v) is 9.64. The summed E-state index contributed by atoms with van der Waals surface area (Å²) >= 11 is 33.9. The molecule has 0 aliphatic carbocycles. The smallest absolute Gasteiger partial charge is 0.336 e. The number of aliphatic hydroxyl groups is 1. The number of hydrogen-bond donors (Lipinski definition) is 1. The minimum absolute atomic E-state index is 0.292. The molecule has 0 aromatic heterocycles. The van der Waals surface area contributed by atoms with Crippen LogP contribution in [0.1, 0.15) is 33.3 Å². The van der Waals surface area contributed by atoms with Gasteiger partial charge < -0.3 is 5.11 Å². The summed E-state index contributed by atoms with van der Waals surface area (Å²) in [6, 6.07) is 36.6. The van der Waals surface area contributed by atoms with Gasteiger partial charge in [-0.25, -0.2) is 24.2 Å². The first-order valence-corrected chi connectivity index (χ1v) is 23.1. The van der Waals surface area contributed by atoms with Crippen LogP contribution in [0, 0.1) is 13.1 Å². The molecule has 330 valence electrons. The van der Waals surface area contributed by atoms with Crippen molar-refractivity contribution in [1.29, 1.82) is 0 Å². The number of hydrogen-bond acceptors (Lipinski definition) is 4. The van der Waals surface area contributed by atoms with Crippen LogP contribution < -0.4 is 19.6 Å². The molecule has 10 nitrogen and oxygen atoms in total. The van der Waals surface area contributed by atoms with Gasteiger partial charge in [0.15, 0.2) is 17.1 Å². The first-order valence-electron chi connectivity index (χ1n) is 19.2. The Morgan fingerprint density at radius 1 is 0.492 bits per heavy atom. The zero-order valence-electron chi connectivity index (χ0n) is 34.7. The lowest BCUT2D eigenvalue weighted by molar-refractivity contribution is -0.120. The van der Waals surface area contributed by atoms with E-state index in [1.54, 1.807) is 155 Å². The average Bonchev–Trinajstić information content (AvgIpc) is 3.54. The van der Waals surface area contributed by atoms with Crippen LogP contribution in [0.15, 0.2) is 147 Å². The predicted molar refractivity (Wildman–Crippen MR) is 272 cm³/mol. The average molecular weight is 1140 g/mol. The highest BCUT2D eigenvalue weighted by atomic mass is 79.9. The monoisotopic (exact) mass is 1140 g/mol. The summed E-state index contributed by atoms with van der Waals surface area (Å²) in [7, 11) is 0. The quantitative estimate of drug-likeness (QED) is 0.137. The molecule has 65 heavy (non-hydrogen) atoms. The number of halogens is 7. The minimum atomic E-state index is -1.82. The van der Waals surface area contributed by atoms with E-state index in [0.29, 0.717) is 64.3 Å². The molecular formula is C48H35Br3Cl4N6O4. The molecule has 2 aliphatic rings. The Morgan fingerprint density at radius 2 is 0.846 bits per heavy atom. The Kier molecular flexibility index (Phi) is 15.1. The fraction of sp³-hybridized carbons (Fsp3) is 0.146. The van der Waals surface area contributed by atoms with Gasteiger partial charge in [-0.15, -0.1) is 0 Å². The fourth-order valence-electron chi connectivity index (χ4n) is 7.38. The summed E-state index contributed by atoms with van der Waals surface area (Å²) in [5.74, 6) is -0.292. The number of amides is 5. The highest BCUT2D eigenvalue weighted by molar-refractivity contribution is 9.11. The van der Waals surface area contributed by atoms with E-state index in [1.807, 2.05) is 6.07 Å². The maximum Gasteiger partial charge on any atom is 0.336 e. The summed E-state index contributed by atoms with van der Waals surface area (Å²) < 4.78 is 2.47. The summed E-state index contributed by atoms with van der Waals surface area (Å²) in [6.07, 6.45) is 0. The molecule has 2 heterocycles. The van der Waals surface area contributed by atoms with Gasteiger partial charge in [-0.05, 0) is 167 Å². The van der Waals surface area contributed by atoms with Crippen LogP contribution in [0.5, 0.6) is 0 Å². The molecule has 0 saturated carbocycles. The number of nitrogens with zero attached hydrogens (tertiary/aromatic N) is 6. The van der Waals surface area contributed by atoms with E-state index in [9.17, 15) is 19.5 Å². The molecule has 0 bridgehead atoms. The van der Waals surface area contributed by atoms with Gasteiger partial charge in [0.1, 0.15) is 5.54 Å². The molecule has 2 aliphatic heterocycles. The van der Waals surface area contributed by atoms with Crippen molar-refractivity contribution >= 4 is 146 Å². The normalized spacial score (nSPS) is 17.2. The number of imide groups is 1. The number of carbonyl (C=O) groups is 3. The standard InChI is InChI=1S/C24H18BrCl2N3O2.C17H14Cl2N2O2.C7H3Br2N/c1-23(2)24(32,15-12-16(25)14-19(13-15)28-3)30(21-10-6-18(27)7-11-21)22(31)29(23)20-8-4-17(26)5-9-20;1-17(2)15(22)20(13-7-3-11(18)4-8-13)16(23)21(17)14-9-5-12(19)6-10-14;1-10-7-3-5(8)2-6(9)4-7/h4-14,32H,1-2H3;3-10H,1-2H3;2-4H. The Morgan fingerprint density at radius 3 is 1.26 bits per heavy atom. The first-order chi connectivity index (χ1) is 30.6. The molecule has 2 saturated heterocycles. The molecule has 17 heteroatoms. The number of anilines is 4. The van der Waals surface area contributed by atoms with Gasteiger partial charge in [0.25, 0.3) is 5.91 Å². The van der Waals surface area contributed by atoms with Crippen molar-refractivity contribution in [2.45, 2.75) is 44.5 Å². The lowest BCUT2D eigenvalue weighted by Crippen LogP contribution is -2.56. The Labute approximate surface area is 421 Å². The highest BCUT2D eigenvalue weighted by Gasteiger charge is 2.64. The van der Waals surface area contributed by atoms with Crippen molar-refractivity contribution in [1.82, 2.24) is 0 Å². The third-order valence-electron chi connectivity index (χ3n) is 10.5. The molecule has 8 rings (SSSR count). The van der Waals surface area contributed by atoms with Gasteiger partial charge in [0.2, 0.25) is 0 Å². The van der Waals surface area contributed by atoms with E-state index in [1.165, 1.54) is 19.6 Å². The van der Waals surface area contributed by atoms with Crippen LogP contribution in [0.2, 0.25) is 20.1 Å². The van der Waals surface area contributed by atoms with Crippen LogP contribution in [0.3, 0.4) is 0 Å². The molecule has 5 amide bonds. The predicted octanol–water partition coefficient (Wildman–Crippen LogP) is 15.9. The summed E-state index contributed by atoms with van der Waals surface area (Å²) in [4.78, 5) is 51.8. The molecule has 6 aromatic rings. The second kappa shape index (κ2) is 19.9. The first kappa shape index (κ1) is 49.5. The number of rotatable bonds is 5. The molecule has 1 unspecified atom stereocenters. The largest absolute Gasteiger partial charge is 0.365 e. The summed E-state index contributed by atoms with van der Waals surface area (Å²) in [5, 5.41) is 14.5. The van der Waals surface area contributed by atoms with Crippen LogP contribution in [0.4, 0.5) is 43.7 Å². The van der Waals surface area contributed by atoms with Crippen LogP contribution in [-0.2, 0) is 10.5 Å². The van der Waals surface area contributed by atoms with Gasteiger partial charge in [-0.2, -0.15) is 0 Å². The van der Waals surface area contributed by atoms with Gasteiger partial charge in [0, 0.05) is 50.6 Å². The van der Waals surface area contributed by atoms with E-state index in [4.69, 9.17) is 59.5 Å². The van der Waals surface area contributed by atoms with Crippen molar-refractivity contribution in [3.05, 3.63) is 195 Å². The van der Waals surface area contributed by atoms with Crippen LogP contribution in [-0.4, -0.2) is 34.2 Å². The van der Waals surface area contributed by atoms with E-state index in [0.717, 1.165) is 8.95 Å². The third-order valence-corrected chi connectivity index (χ3v) is 12.9. The van der Waals surface area contributed by atoms with E-state index in [2.05, 4.69) is 57.5 Å². The molecule has 6 aromatic carbocycles. The minimum Gasteiger partial charge on any atom is -0.365 e. The second-order valence-corrected chi connectivity index (χ2v) is 19.9. The van der Waals surface area contributed by atoms with E-state index in [-0.39, 0.29) is 5.91 Å². The van der Waals surface area contributed by atoms with Gasteiger partial charge in [-0.1, -0.05) is 94.2 Å². The van der Waals surface area contributed by atoms with Crippen molar-refractivity contribution in [3.63, 3.8) is 0 Å². The lowest BCUT2D eigenvalue weighted by Gasteiger charge is -2.43. The zero-order valence-corrected chi connectivity index (χ0v) is 42.5. The van der Waals surface area contributed by atoms with Gasteiger partial charge in [0.05, 0.1) is 24.4 Å². The molecule has 0 radical (unpaired) electrons. The maximum atomic E-state index is 13.9. The van der Waals surface area contributed by atoms with Crippen molar-refractivity contribution in [2.75, 3.05) is 19.6 Å². The third kappa shape index (κ3) is 10.1. The molecule has 0 spiro atoms. The maximum absolute atomic E-state index is 13.9. The van der Waals surface area contributed by atoms with Gasteiger partial charge in [-0.3, -0.25) is 19.5 Å². The molecular weight excluding hydrogens is 1110 g/mol. The SMILES string of the molecule is CC1(C)C(=O)N(c2ccc(Cl)cc2)C(=O)N1c1ccc(Cl)cc1.[C-]#[N+]c1cc(Br)cc(Br)c1.[C-]#[N+]c1cc(Br)cc(C2(O)N(c3ccc(Cl)cc3)C(=O)N(c3ccc(Cl)cc3)C2(C)C)c1. The number of urea groups is 2. The van der Waals surface area contributed by atoms with Crippen molar-refractivity contribution < 1.29 is 19.5 Å². The van der Waals surface area contributed by atoms with Crippen LogP contribution >= 0.6 is 94.2 Å². The van der Waals surface area contributed by atoms with E-state index >= 15 is 0 Å². The highest BCUT2D eigenvalue weighted by Crippen LogP contribution is 2.51. The van der Waals surface area contributed by atoms with Crippen molar-refractivity contribution in [3.8, 4) is 0 Å². The second-order valence-electron chi connectivity index (χ2n) is 15.5. The Bertz CT molecular complexity index is 2850. The molecule has 1 atom stereocenters. The van der Waals surface area contributed by atoms with E-state index < -0.39 is 28.9 Å². The van der Waals surface area contributed by atoms with Gasteiger partial charge >= 0.3 is 12.1 Å². The van der Waals surface area contributed by atoms with Crippen molar-refractivity contribution in [2.24, 2.45) is 0 Å². The molecule has 1 N–H and O–H groups in total. The Balaban J connectivity index is 0.000000184. The lowest BCUT2D eigenvalue weighted by atomic mass is 9.83. The molecule has 2 fully saturated rings. The number of carbonyl (C=O) groups excluding carboxylic acids is 3. The zero-order chi connectivity index (χ0) is 47.6. The Hall–Kier alpha value is -4.93.